The molecule has 2 rings (SSSR count). The van der Waals surface area contributed by atoms with E-state index >= 15 is 0 Å². The number of likely N-dealkylation sites (N-methyl/N-ethyl adjacent to an activating group) is 1. The van der Waals surface area contributed by atoms with Gasteiger partial charge in [0.05, 0.1) is 25.4 Å². The summed E-state index contributed by atoms with van der Waals surface area (Å²) in [6.45, 7) is 1.37. The summed E-state index contributed by atoms with van der Waals surface area (Å²) >= 11 is 0. The Labute approximate surface area is 173 Å². The Morgan fingerprint density at radius 1 is 1.15 bits per heavy atom. The SMILES string of the molecule is CN=C(NCc1ccccn1)NCC(c1ccc(OC)cc1)N(C)C.I. The van der Waals surface area contributed by atoms with E-state index in [4.69, 9.17) is 4.74 Å². The minimum Gasteiger partial charge on any atom is -0.497 e. The van der Waals surface area contributed by atoms with Crippen molar-refractivity contribution in [3.63, 3.8) is 0 Å². The van der Waals surface area contributed by atoms with Crippen molar-refractivity contribution >= 4 is 29.9 Å². The highest BCUT2D eigenvalue weighted by Crippen LogP contribution is 2.20. The number of aliphatic imine (C=N–C) groups is 1. The van der Waals surface area contributed by atoms with Gasteiger partial charge in [0.15, 0.2) is 5.96 Å². The number of nitrogens with zero attached hydrogens (tertiary/aromatic N) is 3. The molecule has 1 atom stereocenters. The zero-order chi connectivity index (χ0) is 18.1. The third kappa shape index (κ3) is 6.80. The molecule has 0 saturated heterocycles. The molecule has 0 aliphatic rings. The molecule has 0 aliphatic carbocycles. The highest BCUT2D eigenvalue weighted by Gasteiger charge is 2.14. The second-order valence-corrected chi connectivity index (χ2v) is 5.88. The van der Waals surface area contributed by atoms with E-state index in [-0.39, 0.29) is 30.0 Å². The van der Waals surface area contributed by atoms with Gasteiger partial charge < -0.3 is 20.3 Å². The third-order valence-electron chi connectivity index (χ3n) is 3.97. The van der Waals surface area contributed by atoms with E-state index in [1.165, 1.54) is 5.56 Å². The van der Waals surface area contributed by atoms with E-state index in [1.54, 1.807) is 20.4 Å². The second kappa shape index (κ2) is 11.7. The quantitative estimate of drug-likeness (QED) is 0.371. The fourth-order valence-corrected chi connectivity index (χ4v) is 2.52. The summed E-state index contributed by atoms with van der Waals surface area (Å²) in [6.07, 6.45) is 1.79. The molecule has 2 aromatic rings. The molecule has 0 aliphatic heterocycles. The van der Waals surface area contributed by atoms with Crippen LogP contribution in [0, 0.1) is 0 Å². The number of methoxy groups -OCH3 is 1. The molecular weight excluding hydrogens is 441 g/mol. The van der Waals surface area contributed by atoms with Gasteiger partial charge in [-0.05, 0) is 43.9 Å². The lowest BCUT2D eigenvalue weighted by Gasteiger charge is -2.26. The monoisotopic (exact) mass is 469 g/mol. The first-order valence-corrected chi connectivity index (χ1v) is 8.29. The minimum atomic E-state index is 0. The summed E-state index contributed by atoms with van der Waals surface area (Å²) in [5, 5.41) is 6.67. The van der Waals surface area contributed by atoms with Crippen LogP contribution in [0.15, 0.2) is 53.7 Å². The van der Waals surface area contributed by atoms with Crippen LogP contribution in [0.4, 0.5) is 0 Å². The second-order valence-electron chi connectivity index (χ2n) is 5.88. The fraction of sp³-hybridized carbons (Fsp3) is 0.368. The number of rotatable bonds is 7. The zero-order valence-electron chi connectivity index (χ0n) is 15.8. The lowest BCUT2D eigenvalue weighted by molar-refractivity contribution is 0.298. The molecule has 1 heterocycles. The standard InChI is InChI=1S/C19H27N5O.HI/c1-20-19(22-13-16-7-5-6-12-21-16)23-14-18(24(2)3)15-8-10-17(25-4)11-9-15;/h5-12,18H,13-14H2,1-4H3,(H2,20,22,23);1H. The number of benzene rings is 1. The van der Waals surface area contributed by atoms with Crippen LogP contribution in [-0.4, -0.2) is 50.6 Å². The van der Waals surface area contributed by atoms with E-state index in [1.807, 2.05) is 30.3 Å². The van der Waals surface area contributed by atoms with Gasteiger partial charge in [-0.1, -0.05) is 18.2 Å². The van der Waals surface area contributed by atoms with Crippen LogP contribution in [0.1, 0.15) is 17.3 Å². The van der Waals surface area contributed by atoms with Gasteiger partial charge in [-0.25, -0.2) is 0 Å². The maximum atomic E-state index is 5.23. The highest BCUT2D eigenvalue weighted by atomic mass is 127. The Kier molecular flexibility index (Phi) is 9.97. The summed E-state index contributed by atoms with van der Waals surface area (Å²) in [4.78, 5) is 10.8. The predicted molar refractivity (Wildman–Crippen MR) is 117 cm³/mol. The van der Waals surface area contributed by atoms with Crippen LogP contribution in [0.5, 0.6) is 5.75 Å². The smallest absolute Gasteiger partial charge is 0.191 e. The van der Waals surface area contributed by atoms with Crippen molar-refractivity contribution in [3.8, 4) is 5.75 Å². The predicted octanol–water partition coefficient (Wildman–Crippen LogP) is 2.68. The van der Waals surface area contributed by atoms with Crippen LogP contribution in [-0.2, 0) is 6.54 Å². The van der Waals surface area contributed by atoms with Crippen molar-refractivity contribution < 1.29 is 4.74 Å². The minimum absolute atomic E-state index is 0. The van der Waals surface area contributed by atoms with Gasteiger partial charge >= 0.3 is 0 Å². The Bertz CT molecular complexity index is 661. The van der Waals surface area contributed by atoms with E-state index in [0.717, 1.165) is 23.9 Å². The fourth-order valence-electron chi connectivity index (χ4n) is 2.52. The largest absolute Gasteiger partial charge is 0.497 e. The van der Waals surface area contributed by atoms with Gasteiger partial charge in [-0.3, -0.25) is 9.98 Å². The Morgan fingerprint density at radius 3 is 2.42 bits per heavy atom. The van der Waals surface area contributed by atoms with E-state index in [2.05, 4.69) is 51.7 Å². The third-order valence-corrected chi connectivity index (χ3v) is 3.97. The van der Waals surface area contributed by atoms with Crippen molar-refractivity contribution in [3.05, 3.63) is 59.9 Å². The van der Waals surface area contributed by atoms with E-state index in [9.17, 15) is 0 Å². The number of guanidine groups is 1. The first kappa shape index (κ1) is 22.2. The first-order valence-electron chi connectivity index (χ1n) is 8.29. The first-order chi connectivity index (χ1) is 12.1. The highest BCUT2D eigenvalue weighted by molar-refractivity contribution is 14.0. The van der Waals surface area contributed by atoms with Crippen molar-refractivity contribution in [1.82, 2.24) is 20.5 Å². The van der Waals surface area contributed by atoms with Gasteiger partial charge in [0, 0.05) is 19.8 Å². The molecule has 7 heteroatoms. The molecule has 0 radical (unpaired) electrons. The molecule has 0 spiro atoms. The van der Waals surface area contributed by atoms with Crippen LogP contribution in [0.3, 0.4) is 0 Å². The Hall–Kier alpha value is -1.87. The van der Waals surface area contributed by atoms with Gasteiger partial charge in [-0.15, -0.1) is 24.0 Å². The maximum Gasteiger partial charge on any atom is 0.191 e. The maximum absolute atomic E-state index is 5.23. The van der Waals surface area contributed by atoms with Gasteiger partial charge in [0.1, 0.15) is 5.75 Å². The lowest BCUT2D eigenvalue weighted by atomic mass is 10.1. The average Bonchev–Trinajstić information content (AvgIpc) is 2.65. The Morgan fingerprint density at radius 2 is 1.88 bits per heavy atom. The van der Waals surface area contributed by atoms with Crippen LogP contribution < -0.4 is 15.4 Å². The summed E-state index contributed by atoms with van der Waals surface area (Å²) in [6, 6.07) is 14.3. The molecule has 1 aromatic heterocycles. The van der Waals surface area contributed by atoms with Crippen molar-refractivity contribution in [2.24, 2.45) is 4.99 Å². The van der Waals surface area contributed by atoms with Gasteiger partial charge in [0.25, 0.3) is 0 Å². The topological polar surface area (TPSA) is 61.8 Å². The molecule has 0 saturated carbocycles. The zero-order valence-corrected chi connectivity index (χ0v) is 18.1. The van der Waals surface area contributed by atoms with Crippen LogP contribution >= 0.6 is 24.0 Å². The molecule has 0 fully saturated rings. The molecule has 142 valence electrons. The number of pyridine rings is 1. The van der Waals surface area contributed by atoms with Crippen LogP contribution in [0.25, 0.3) is 0 Å². The normalized spacial score (nSPS) is 12.3. The van der Waals surface area contributed by atoms with E-state index in [0.29, 0.717) is 6.54 Å². The number of hydrogen-bond acceptors (Lipinski definition) is 4. The van der Waals surface area contributed by atoms with E-state index < -0.39 is 0 Å². The number of ether oxygens (including phenoxy) is 1. The molecular formula is C19H28IN5O. The summed E-state index contributed by atoms with van der Waals surface area (Å²) in [7, 11) is 7.59. The molecule has 26 heavy (non-hydrogen) atoms. The average molecular weight is 469 g/mol. The molecule has 0 bridgehead atoms. The van der Waals surface area contributed by atoms with Gasteiger partial charge in [0.2, 0.25) is 0 Å². The number of halogens is 1. The lowest BCUT2D eigenvalue weighted by Crippen LogP contribution is -2.41. The number of nitrogens with one attached hydrogen (secondary N) is 2. The summed E-state index contributed by atoms with van der Waals surface area (Å²) in [5.74, 6) is 1.62. The number of aromatic nitrogens is 1. The Balaban J connectivity index is 0.00000338. The summed E-state index contributed by atoms with van der Waals surface area (Å²) in [5.41, 5.74) is 2.20. The van der Waals surface area contributed by atoms with Crippen molar-refractivity contribution in [2.75, 3.05) is 34.8 Å². The number of hydrogen-bond donors (Lipinski definition) is 2. The molecule has 1 aromatic carbocycles. The van der Waals surface area contributed by atoms with Gasteiger partial charge in [-0.2, -0.15) is 0 Å². The molecule has 0 amide bonds. The molecule has 1 unspecified atom stereocenters. The van der Waals surface area contributed by atoms with Crippen LogP contribution in [0.2, 0.25) is 0 Å². The summed E-state index contributed by atoms with van der Waals surface area (Å²) < 4.78 is 5.23. The molecule has 2 N–H and O–H groups in total. The van der Waals surface area contributed by atoms with Crippen molar-refractivity contribution in [1.29, 1.82) is 0 Å². The van der Waals surface area contributed by atoms with Crippen molar-refractivity contribution in [2.45, 2.75) is 12.6 Å². The molecule has 6 nitrogen and oxygen atoms in total.